The van der Waals surface area contributed by atoms with Crippen LogP contribution in [0, 0.1) is 0 Å². The van der Waals surface area contributed by atoms with Crippen LogP contribution in [0.2, 0.25) is 5.02 Å². The Kier molecular flexibility index (Phi) is 4.33. The number of pyridine rings is 1. The molecule has 0 atom stereocenters. The van der Waals surface area contributed by atoms with Crippen molar-refractivity contribution in [1.82, 2.24) is 4.98 Å². The molecule has 98 valence electrons. The second kappa shape index (κ2) is 6.17. The molecule has 0 unspecified atom stereocenters. The van der Waals surface area contributed by atoms with Crippen LogP contribution in [0.5, 0.6) is 0 Å². The summed E-state index contributed by atoms with van der Waals surface area (Å²) in [5.41, 5.74) is 7.02. The molecule has 2 amide bonds. The Bertz CT molecular complexity index is 554. The van der Waals surface area contributed by atoms with Crippen LogP contribution in [0.3, 0.4) is 0 Å². The van der Waals surface area contributed by atoms with Gasteiger partial charge in [-0.2, -0.15) is 0 Å². The molecule has 0 saturated heterocycles. The van der Waals surface area contributed by atoms with Gasteiger partial charge in [-0.15, -0.1) is 0 Å². The maximum Gasteiger partial charge on any atom is 0.324 e. The standard InChI is InChI=1S/C13H13ClN4O/c14-10-2-4-11(5-3-10)17-13(19)18-12-6-1-9(7-15)8-16-12/h1-6,8H,7,15H2,(H2,16,17,18,19). The first-order valence-corrected chi connectivity index (χ1v) is 6.04. The van der Waals surface area contributed by atoms with Crippen molar-refractivity contribution in [3.63, 3.8) is 0 Å². The molecule has 0 aliphatic rings. The second-order valence-electron chi connectivity index (χ2n) is 3.84. The Morgan fingerprint density at radius 2 is 1.89 bits per heavy atom. The van der Waals surface area contributed by atoms with Gasteiger partial charge in [0.1, 0.15) is 5.82 Å². The fraction of sp³-hybridized carbons (Fsp3) is 0.0769. The van der Waals surface area contributed by atoms with Crippen LogP contribution in [-0.2, 0) is 6.54 Å². The van der Waals surface area contributed by atoms with Crippen molar-refractivity contribution in [2.24, 2.45) is 5.73 Å². The first-order chi connectivity index (χ1) is 9.17. The summed E-state index contributed by atoms with van der Waals surface area (Å²) in [5.74, 6) is 0.462. The fourth-order valence-corrected chi connectivity index (χ4v) is 1.56. The number of aromatic nitrogens is 1. The van der Waals surface area contributed by atoms with Gasteiger partial charge in [0.05, 0.1) is 0 Å². The van der Waals surface area contributed by atoms with E-state index in [0.29, 0.717) is 23.1 Å². The van der Waals surface area contributed by atoms with E-state index in [2.05, 4.69) is 15.6 Å². The first-order valence-electron chi connectivity index (χ1n) is 5.66. The topological polar surface area (TPSA) is 80.0 Å². The lowest BCUT2D eigenvalue weighted by molar-refractivity contribution is 0.262. The van der Waals surface area contributed by atoms with E-state index >= 15 is 0 Å². The predicted molar refractivity (Wildman–Crippen MR) is 76.2 cm³/mol. The SMILES string of the molecule is NCc1ccc(NC(=O)Nc2ccc(Cl)cc2)nc1. The normalized spacial score (nSPS) is 10.0. The number of urea groups is 1. The third-order valence-corrected chi connectivity index (χ3v) is 2.66. The molecular weight excluding hydrogens is 264 g/mol. The Morgan fingerprint density at radius 3 is 2.47 bits per heavy atom. The number of nitrogens with one attached hydrogen (secondary N) is 2. The molecule has 2 aromatic rings. The van der Waals surface area contributed by atoms with E-state index in [0.717, 1.165) is 5.56 Å². The predicted octanol–water partition coefficient (Wildman–Crippen LogP) is 2.84. The van der Waals surface area contributed by atoms with Crippen molar-refractivity contribution >= 4 is 29.1 Å². The Balaban J connectivity index is 1.95. The van der Waals surface area contributed by atoms with E-state index < -0.39 is 0 Å². The smallest absolute Gasteiger partial charge is 0.324 e. The Labute approximate surface area is 115 Å². The van der Waals surface area contributed by atoms with Crippen molar-refractivity contribution < 1.29 is 4.79 Å². The molecular formula is C13H13ClN4O. The molecule has 4 N–H and O–H groups in total. The molecule has 1 aromatic heterocycles. The minimum Gasteiger partial charge on any atom is -0.326 e. The fourth-order valence-electron chi connectivity index (χ4n) is 1.43. The molecule has 1 heterocycles. The molecule has 6 heteroatoms. The maximum atomic E-state index is 11.7. The number of nitrogens with zero attached hydrogens (tertiary/aromatic N) is 1. The van der Waals surface area contributed by atoms with E-state index in [9.17, 15) is 4.79 Å². The van der Waals surface area contributed by atoms with Gasteiger partial charge >= 0.3 is 6.03 Å². The summed E-state index contributed by atoms with van der Waals surface area (Å²) in [6.45, 7) is 0.421. The largest absolute Gasteiger partial charge is 0.326 e. The highest BCUT2D eigenvalue weighted by atomic mass is 35.5. The van der Waals surface area contributed by atoms with Crippen LogP contribution in [0.4, 0.5) is 16.3 Å². The molecule has 19 heavy (non-hydrogen) atoms. The molecule has 0 bridgehead atoms. The summed E-state index contributed by atoms with van der Waals surface area (Å²) in [7, 11) is 0. The van der Waals surface area contributed by atoms with Crippen molar-refractivity contribution in [1.29, 1.82) is 0 Å². The Hall–Kier alpha value is -2.11. The summed E-state index contributed by atoms with van der Waals surface area (Å²) in [5, 5.41) is 5.91. The lowest BCUT2D eigenvalue weighted by Crippen LogP contribution is -2.20. The van der Waals surface area contributed by atoms with Crippen molar-refractivity contribution in [2.45, 2.75) is 6.54 Å². The van der Waals surface area contributed by atoms with Gasteiger partial charge in [-0.3, -0.25) is 5.32 Å². The van der Waals surface area contributed by atoms with E-state index in [1.54, 1.807) is 36.5 Å². The molecule has 2 rings (SSSR count). The highest BCUT2D eigenvalue weighted by molar-refractivity contribution is 6.30. The third kappa shape index (κ3) is 3.94. The van der Waals surface area contributed by atoms with Crippen LogP contribution in [-0.4, -0.2) is 11.0 Å². The summed E-state index contributed by atoms with van der Waals surface area (Å²) >= 11 is 5.76. The van der Waals surface area contributed by atoms with E-state index in [1.807, 2.05) is 6.07 Å². The van der Waals surface area contributed by atoms with Crippen molar-refractivity contribution in [3.05, 3.63) is 53.2 Å². The second-order valence-corrected chi connectivity index (χ2v) is 4.28. The minimum absolute atomic E-state index is 0.365. The number of hydrogen-bond acceptors (Lipinski definition) is 3. The average molecular weight is 277 g/mol. The zero-order valence-corrected chi connectivity index (χ0v) is 10.8. The van der Waals surface area contributed by atoms with Gasteiger partial charge in [0.15, 0.2) is 0 Å². The van der Waals surface area contributed by atoms with Gasteiger partial charge in [0.25, 0.3) is 0 Å². The summed E-state index contributed by atoms with van der Waals surface area (Å²) in [4.78, 5) is 15.8. The maximum absolute atomic E-state index is 11.7. The van der Waals surface area contributed by atoms with Crippen LogP contribution in [0.1, 0.15) is 5.56 Å². The van der Waals surface area contributed by atoms with Gasteiger partial charge in [-0.1, -0.05) is 17.7 Å². The number of amides is 2. The number of anilines is 2. The third-order valence-electron chi connectivity index (χ3n) is 2.40. The number of carbonyl (C=O) groups excluding carboxylic acids is 1. The van der Waals surface area contributed by atoms with Crippen LogP contribution >= 0.6 is 11.6 Å². The van der Waals surface area contributed by atoms with Gasteiger partial charge in [0, 0.05) is 23.5 Å². The zero-order chi connectivity index (χ0) is 13.7. The monoisotopic (exact) mass is 276 g/mol. The number of carbonyl (C=O) groups is 1. The van der Waals surface area contributed by atoms with Gasteiger partial charge < -0.3 is 11.1 Å². The number of halogens is 1. The molecule has 0 fully saturated rings. The summed E-state index contributed by atoms with van der Waals surface area (Å²) in [6, 6.07) is 9.97. The lowest BCUT2D eigenvalue weighted by atomic mass is 10.3. The van der Waals surface area contributed by atoms with Crippen LogP contribution in [0.15, 0.2) is 42.6 Å². The number of benzene rings is 1. The molecule has 5 nitrogen and oxygen atoms in total. The highest BCUT2D eigenvalue weighted by Gasteiger charge is 2.03. The molecule has 0 spiro atoms. The lowest BCUT2D eigenvalue weighted by Gasteiger charge is -2.07. The van der Waals surface area contributed by atoms with Crippen molar-refractivity contribution in [2.75, 3.05) is 10.6 Å². The molecule has 0 radical (unpaired) electrons. The zero-order valence-electron chi connectivity index (χ0n) is 10.1. The Morgan fingerprint density at radius 1 is 1.16 bits per heavy atom. The quantitative estimate of drug-likeness (QED) is 0.806. The number of rotatable bonds is 3. The first kappa shape index (κ1) is 13.3. The average Bonchev–Trinajstić information content (AvgIpc) is 2.42. The van der Waals surface area contributed by atoms with Gasteiger partial charge in [-0.25, -0.2) is 9.78 Å². The van der Waals surface area contributed by atoms with Crippen LogP contribution in [0.25, 0.3) is 0 Å². The number of hydrogen-bond donors (Lipinski definition) is 3. The van der Waals surface area contributed by atoms with E-state index in [4.69, 9.17) is 17.3 Å². The summed E-state index contributed by atoms with van der Waals surface area (Å²) in [6.07, 6.45) is 1.62. The molecule has 0 saturated carbocycles. The van der Waals surface area contributed by atoms with E-state index in [-0.39, 0.29) is 6.03 Å². The molecule has 0 aliphatic carbocycles. The van der Waals surface area contributed by atoms with Gasteiger partial charge in [-0.05, 0) is 35.9 Å². The summed E-state index contributed by atoms with van der Waals surface area (Å²) < 4.78 is 0. The molecule has 0 aliphatic heterocycles. The molecule has 1 aromatic carbocycles. The highest BCUT2D eigenvalue weighted by Crippen LogP contribution is 2.13. The van der Waals surface area contributed by atoms with E-state index in [1.165, 1.54) is 0 Å². The van der Waals surface area contributed by atoms with Crippen molar-refractivity contribution in [3.8, 4) is 0 Å². The van der Waals surface area contributed by atoms with Gasteiger partial charge in [0.2, 0.25) is 0 Å². The minimum atomic E-state index is -0.365. The number of nitrogens with two attached hydrogens (primary N) is 1. The van der Waals surface area contributed by atoms with Crippen LogP contribution < -0.4 is 16.4 Å².